The van der Waals surface area contributed by atoms with Crippen LogP contribution in [0.3, 0.4) is 0 Å². The molecule has 0 amide bonds. The van der Waals surface area contributed by atoms with Crippen LogP contribution in [0, 0.1) is 0 Å². The van der Waals surface area contributed by atoms with Gasteiger partial charge in [-0.25, -0.2) is 4.79 Å². The van der Waals surface area contributed by atoms with Crippen LogP contribution >= 0.6 is 11.6 Å². The highest BCUT2D eigenvalue weighted by Gasteiger charge is 2.16. The molecule has 3 nitrogen and oxygen atoms in total. The van der Waals surface area contributed by atoms with Crippen molar-refractivity contribution in [2.75, 3.05) is 5.73 Å². The van der Waals surface area contributed by atoms with Crippen molar-refractivity contribution in [1.82, 2.24) is 0 Å². The number of nitrogen functional groups attached to an aromatic ring is 1. The number of halogens is 1. The zero-order chi connectivity index (χ0) is 13.8. The number of carbonyl (C=O) groups is 1. The summed E-state index contributed by atoms with van der Waals surface area (Å²) in [6.45, 7) is 1.81. The Morgan fingerprint density at radius 3 is 2.53 bits per heavy atom. The Morgan fingerprint density at radius 2 is 1.84 bits per heavy atom. The first-order chi connectivity index (χ1) is 9.09. The molecule has 0 aliphatic carbocycles. The van der Waals surface area contributed by atoms with Crippen LogP contribution in [0.15, 0.2) is 48.5 Å². The van der Waals surface area contributed by atoms with Gasteiger partial charge in [0.15, 0.2) is 0 Å². The van der Waals surface area contributed by atoms with Crippen molar-refractivity contribution in [3.63, 3.8) is 0 Å². The third-order valence-corrected chi connectivity index (χ3v) is 3.16. The van der Waals surface area contributed by atoms with Gasteiger partial charge in [0.1, 0.15) is 6.10 Å². The Hall–Kier alpha value is -2.00. The van der Waals surface area contributed by atoms with Crippen LogP contribution in [0.5, 0.6) is 0 Å². The predicted molar refractivity (Wildman–Crippen MR) is 76.1 cm³/mol. The van der Waals surface area contributed by atoms with Crippen LogP contribution in [-0.4, -0.2) is 5.97 Å². The Balaban J connectivity index is 2.16. The highest BCUT2D eigenvalue weighted by Crippen LogP contribution is 2.25. The molecule has 0 radical (unpaired) electrons. The number of esters is 1. The summed E-state index contributed by atoms with van der Waals surface area (Å²) < 4.78 is 5.38. The first-order valence-electron chi connectivity index (χ1n) is 5.89. The van der Waals surface area contributed by atoms with Gasteiger partial charge in [-0.2, -0.15) is 0 Å². The summed E-state index contributed by atoms with van der Waals surface area (Å²) in [6, 6.07) is 14.4. The molecule has 4 heteroatoms. The van der Waals surface area contributed by atoms with E-state index in [0.717, 1.165) is 5.56 Å². The monoisotopic (exact) mass is 275 g/mol. The average Bonchev–Trinajstić information content (AvgIpc) is 2.42. The first-order valence-corrected chi connectivity index (χ1v) is 6.27. The molecule has 2 aromatic rings. The van der Waals surface area contributed by atoms with E-state index in [0.29, 0.717) is 5.02 Å². The maximum Gasteiger partial charge on any atom is 0.340 e. The minimum absolute atomic E-state index is 0.245. The largest absolute Gasteiger partial charge is 0.454 e. The number of ether oxygens (including phenoxy) is 1. The van der Waals surface area contributed by atoms with Crippen LogP contribution in [0.4, 0.5) is 5.69 Å². The molecule has 2 aromatic carbocycles. The third-order valence-electron chi connectivity index (χ3n) is 2.83. The number of hydrogen-bond donors (Lipinski definition) is 1. The quantitative estimate of drug-likeness (QED) is 0.684. The van der Waals surface area contributed by atoms with Crippen molar-refractivity contribution >= 4 is 23.3 Å². The molecule has 19 heavy (non-hydrogen) atoms. The van der Waals surface area contributed by atoms with Crippen molar-refractivity contribution in [3.05, 3.63) is 64.7 Å². The second-order valence-corrected chi connectivity index (χ2v) is 4.57. The Kier molecular flexibility index (Phi) is 4.07. The van der Waals surface area contributed by atoms with E-state index >= 15 is 0 Å². The van der Waals surface area contributed by atoms with E-state index in [1.807, 2.05) is 37.3 Å². The fourth-order valence-electron chi connectivity index (χ4n) is 1.73. The fourth-order valence-corrected chi connectivity index (χ4v) is 1.91. The maximum atomic E-state index is 12.0. The summed E-state index contributed by atoms with van der Waals surface area (Å²) in [6.07, 6.45) is -0.341. The summed E-state index contributed by atoms with van der Waals surface area (Å²) >= 11 is 5.88. The Bertz CT molecular complexity index is 584. The molecule has 98 valence electrons. The smallest absolute Gasteiger partial charge is 0.340 e. The minimum atomic E-state index is -0.476. The number of para-hydroxylation sites is 1. The molecule has 2 N–H and O–H groups in total. The Morgan fingerprint density at radius 1 is 1.16 bits per heavy atom. The van der Waals surface area contributed by atoms with Gasteiger partial charge in [-0.3, -0.25) is 0 Å². The van der Waals surface area contributed by atoms with Gasteiger partial charge < -0.3 is 10.5 Å². The Labute approximate surface area is 117 Å². The average molecular weight is 276 g/mol. The number of benzene rings is 2. The van der Waals surface area contributed by atoms with Crippen LogP contribution in [0.2, 0.25) is 5.02 Å². The molecule has 1 atom stereocenters. The normalized spacial score (nSPS) is 11.9. The molecule has 0 saturated carbocycles. The second kappa shape index (κ2) is 5.76. The van der Waals surface area contributed by atoms with Gasteiger partial charge in [-0.15, -0.1) is 0 Å². The molecule has 0 aliphatic heterocycles. The fraction of sp³-hybridized carbons (Fsp3) is 0.133. The molecule has 0 fully saturated rings. The van der Waals surface area contributed by atoms with E-state index in [9.17, 15) is 4.79 Å². The number of rotatable bonds is 3. The third kappa shape index (κ3) is 3.06. The topological polar surface area (TPSA) is 52.3 Å². The lowest BCUT2D eigenvalue weighted by Crippen LogP contribution is -2.11. The maximum absolute atomic E-state index is 12.0. The molecular formula is C15H14ClNO2. The standard InChI is InChI=1S/C15H14ClNO2/c1-10(11-6-3-2-4-7-11)19-15(18)12-8-5-9-13(16)14(12)17/h2-10H,17H2,1H3. The molecule has 0 aliphatic rings. The van der Waals surface area contributed by atoms with E-state index in [4.69, 9.17) is 22.1 Å². The van der Waals surface area contributed by atoms with Gasteiger partial charge >= 0.3 is 5.97 Å². The van der Waals surface area contributed by atoms with Crippen LogP contribution in [0.1, 0.15) is 28.9 Å². The van der Waals surface area contributed by atoms with E-state index in [2.05, 4.69) is 0 Å². The zero-order valence-electron chi connectivity index (χ0n) is 10.5. The molecule has 0 heterocycles. The van der Waals surface area contributed by atoms with Crippen LogP contribution in [0.25, 0.3) is 0 Å². The second-order valence-electron chi connectivity index (χ2n) is 4.16. The molecule has 2 rings (SSSR count). The molecular weight excluding hydrogens is 262 g/mol. The van der Waals surface area contributed by atoms with Crippen LogP contribution in [-0.2, 0) is 4.74 Å². The number of nitrogens with two attached hydrogens (primary N) is 1. The predicted octanol–water partition coefficient (Wildman–Crippen LogP) is 3.84. The lowest BCUT2D eigenvalue weighted by atomic mass is 10.1. The van der Waals surface area contributed by atoms with Gasteiger partial charge in [0.2, 0.25) is 0 Å². The van der Waals surface area contributed by atoms with Crippen molar-refractivity contribution < 1.29 is 9.53 Å². The van der Waals surface area contributed by atoms with E-state index in [-0.39, 0.29) is 17.4 Å². The summed E-state index contributed by atoms with van der Waals surface area (Å²) in [4.78, 5) is 12.0. The highest BCUT2D eigenvalue weighted by molar-refractivity contribution is 6.33. The van der Waals surface area contributed by atoms with Crippen molar-refractivity contribution in [3.8, 4) is 0 Å². The number of carbonyl (C=O) groups excluding carboxylic acids is 1. The molecule has 0 spiro atoms. The molecule has 0 bridgehead atoms. The van der Waals surface area contributed by atoms with E-state index < -0.39 is 5.97 Å². The van der Waals surface area contributed by atoms with Gasteiger partial charge in [0, 0.05) is 0 Å². The number of hydrogen-bond acceptors (Lipinski definition) is 3. The zero-order valence-corrected chi connectivity index (χ0v) is 11.2. The SMILES string of the molecule is CC(OC(=O)c1cccc(Cl)c1N)c1ccccc1. The highest BCUT2D eigenvalue weighted by atomic mass is 35.5. The van der Waals surface area contributed by atoms with Gasteiger partial charge in [0.05, 0.1) is 16.3 Å². The van der Waals surface area contributed by atoms with E-state index in [1.165, 1.54) is 0 Å². The van der Waals surface area contributed by atoms with Crippen LogP contribution < -0.4 is 5.73 Å². The summed E-state index contributed by atoms with van der Waals surface area (Å²) in [5.74, 6) is -0.476. The van der Waals surface area contributed by atoms with E-state index in [1.54, 1.807) is 18.2 Å². The molecule has 1 unspecified atom stereocenters. The van der Waals surface area contributed by atoms with Crippen molar-refractivity contribution in [2.24, 2.45) is 0 Å². The van der Waals surface area contributed by atoms with Crippen molar-refractivity contribution in [2.45, 2.75) is 13.0 Å². The van der Waals surface area contributed by atoms with Gasteiger partial charge in [0.25, 0.3) is 0 Å². The lowest BCUT2D eigenvalue weighted by Gasteiger charge is -2.14. The number of anilines is 1. The first kappa shape index (κ1) is 13.4. The summed E-state index contributed by atoms with van der Waals surface area (Å²) in [5, 5.41) is 0.349. The lowest BCUT2D eigenvalue weighted by molar-refractivity contribution is 0.0339. The van der Waals surface area contributed by atoms with Crippen molar-refractivity contribution in [1.29, 1.82) is 0 Å². The molecule has 0 saturated heterocycles. The molecule has 0 aromatic heterocycles. The summed E-state index contributed by atoms with van der Waals surface area (Å²) in [7, 11) is 0. The minimum Gasteiger partial charge on any atom is -0.454 e. The summed E-state index contributed by atoms with van der Waals surface area (Å²) in [5.41, 5.74) is 7.22. The van der Waals surface area contributed by atoms with Gasteiger partial charge in [-0.1, -0.05) is 48.0 Å². The van der Waals surface area contributed by atoms with Gasteiger partial charge in [-0.05, 0) is 24.6 Å².